The van der Waals surface area contributed by atoms with Crippen molar-refractivity contribution in [1.29, 1.82) is 0 Å². The van der Waals surface area contributed by atoms with Crippen LogP contribution in [0, 0.1) is 5.92 Å². The fourth-order valence-electron chi connectivity index (χ4n) is 3.96. The number of carbonyl (C=O) groups excluding carboxylic acids is 1. The summed E-state index contributed by atoms with van der Waals surface area (Å²) < 4.78 is 5.30. The molecule has 3 nitrogen and oxygen atoms in total. The third kappa shape index (κ3) is 11.7. The molecule has 0 aromatic rings. The lowest BCUT2D eigenvalue weighted by atomic mass is 9.82. The molecule has 0 heterocycles. The summed E-state index contributed by atoms with van der Waals surface area (Å²) in [5.74, 6) is -0.0769. The lowest BCUT2D eigenvalue weighted by molar-refractivity contribution is -0.162. The Morgan fingerprint density at radius 1 is 0.906 bits per heavy atom. The van der Waals surface area contributed by atoms with Gasteiger partial charge in [-0.1, -0.05) is 52.7 Å². The average molecular weight is 443 g/mol. The Bertz CT molecular complexity index is 746. The molecule has 0 bridgehead atoms. The van der Waals surface area contributed by atoms with Gasteiger partial charge in [0.05, 0.1) is 6.10 Å². The minimum absolute atomic E-state index is 0.285. The summed E-state index contributed by atoms with van der Waals surface area (Å²) in [5, 5.41) is 10.4. The topological polar surface area (TPSA) is 46.5 Å². The van der Waals surface area contributed by atoms with Crippen LogP contribution in [0.25, 0.3) is 0 Å². The molecule has 3 heteroatoms. The summed E-state index contributed by atoms with van der Waals surface area (Å²) >= 11 is 0. The maximum absolute atomic E-state index is 11.3. The molecule has 0 aromatic heterocycles. The van der Waals surface area contributed by atoms with Crippen molar-refractivity contribution < 1.29 is 14.6 Å². The number of aliphatic hydroxyl groups excluding tert-OH is 1. The number of ether oxygens (including phenoxy) is 1. The van der Waals surface area contributed by atoms with E-state index in [1.807, 2.05) is 6.08 Å². The zero-order valence-electron chi connectivity index (χ0n) is 21.5. The van der Waals surface area contributed by atoms with Crippen LogP contribution >= 0.6 is 0 Å². The summed E-state index contributed by atoms with van der Waals surface area (Å²) in [5.41, 5.74) is 4.84. The van der Waals surface area contributed by atoms with Crippen molar-refractivity contribution in [1.82, 2.24) is 0 Å². The molecule has 0 radical (unpaired) electrons. The predicted molar refractivity (Wildman–Crippen MR) is 136 cm³/mol. The molecule has 1 aliphatic rings. The number of allylic oxidation sites excluding steroid dienone is 9. The van der Waals surface area contributed by atoms with Crippen LogP contribution in [0.4, 0.5) is 0 Å². The highest BCUT2D eigenvalue weighted by atomic mass is 16.6. The van der Waals surface area contributed by atoms with Gasteiger partial charge in [0.25, 0.3) is 0 Å². The normalized spacial score (nSPS) is 24.4. The first kappa shape index (κ1) is 28.2. The highest BCUT2D eigenvalue weighted by Crippen LogP contribution is 2.31. The SMILES string of the molecule is CC(=O)O[C@@]1(C)C=C[C@H](C/C=C(\C)CC/C=C(\C)CC/C=C(\C)CCC=C(C)C)CC1O. The van der Waals surface area contributed by atoms with Crippen LogP contribution in [-0.2, 0) is 9.53 Å². The molecular weight excluding hydrogens is 396 g/mol. The van der Waals surface area contributed by atoms with Gasteiger partial charge in [-0.3, -0.25) is 4.79 Å². The number of esters is 1. The number of rotatable bonds is 12. The van der Waals surface area contributed by atoms with E-state index in [9.17, 15) is 9.90 Å². The lowest BCUT2D eigenvalue weighted by Crippen LogP contribution is -2.44. The summed E-state index contributed by atoms with van der Waals surface area (Å²) in [7, 11) is 0. The van der Waals surface area contributed by atoms with Crippen molar-refractivity contribution in [3.05, 3.63) is 58.7 Å². The Hall–Kier alpha value is -1.87. The first-order valence-corrected chi connectivity index (χ1v) is 12.2. The van der Waals surface area contributed by atoms with Crippen molar-refractivity contribution in [2.45, 2.75) is 112 Å². The zero-order chi connectivity index (χ0) is 24.1. The van der Waals surface area contributed by atoms with Gasteiger partial charge in [0, 0.05) is 6.92 Å². The summed E-state index contributed by atoms with van der Waals surface area (Å²) in [4.78, 5) is 11.3. The first-order chi connectivity index (χ1) is 15.0. The van der Waals surface area contributed by atoms with Crippen LogP contribution in [0.3, 0.4) is 0 Å². The van der Waals surface area contributed by atoms with Gasteiger partial charge in [0.15, 0.2) is 5.60 Å². The molecule has 0 fully saturated rings. The van der Waals surface area contributed by atoms with Gasteiger partial charge in [-0.2, -0.15) is 0 Å². The van der Waals surface area contributed by atoms with Crippen LogP contribution in [0.1, 0.15) is 99.8 Å². The molecule has 0 saturated carbocycles. The number of carbonyl (C=O) groups is 1. The van der Waals surface area contributed by atoms with E-state index in [-0.39, 0.29) is 11.9 Å². The monoisotopic (exact) mass is 442 g/mol. The fraction of sp³-hybridized carbons (Fsp3) is 0.621. The largest absolute Gasteiger partial charge is 0.453 e. The van der Waals surface area contributed by atoms with E-state index in [1.54, 1.807) is 6.92 Å². The van der Waals surface area contributed by atoms with Crippen LogP contribution in [0.5, 0.6) is 0 Å². The Balaban J connectivity index is 2.37. The van der Waals surface area contributed by atoms with Crippen molar-refractivity contribution in [2.24, 2.45) is 5.92 Å². The molecule has 0 spiro atoms. The number of hydrogen-bond acceptors (Lipinski definition) is 3. The molecule has 0 aromatic carbocycles. The van der Waals surface area contributed by atoms with E-state index < -0.39 is 11.7 Å². The highest BCUT2D eigenvalue weighted by molar-refractivity contribution is 5.67. The van der Waals surface area contributed by atoms with E-state index in [4.69, 9.17) is 4.74 Å². The van der Waals surface area contributed by atoms with Gasteiger partial charge in [-0.25, -0.2) is 0 Å². The smallest absolute Gasteiger partial charge is 0.303 e. The van der Waals surface area contributed by atoms with E-state index in [2.05, 4.69) is 65.0 Å². The summed E-state index contributed by atoms with van der Waals surface area (Å²) in [6.07, 6.45) is 20.9. The minimum atomic E-state index is -0.900. The van der Waals surface area contributed by atoms with Gasteiger partial charge in [-0.15, -0.1) is 0 Å². The molecule has 32 heavy (non-hydrogen) atoms. The average Bonchev–Trinajstić information content (AvgIpc) is 2.68. The van der Waals surface area contributed by atoms with E-state index in [0.29, 0.717) is 6.42 Å². The maximum Gasteiger partial charge on any atom is 0.303 e. The Morgan fingerprint density at radius 3 is 1.88 bits per heavy atom. The van der Waals surface area contributed by atoms with Crippen LogP contribution < -0.4 is 0 Å². The predicted octanol–water partition coefficient (Wildman–Crippen LogP) is 7.78. The van der Waals surface area contributed by atoms with Crippen LogP contribution in [-0.4, -0.2) is 22.8 Å². The molecule has 1 N–H and O–H groups in total. The van der Waals surface area contributed by atoms with Gasteiger partial charge in [0.2, 0.25) is 0 Å². The maximum atomic E-state index is 11.3. The molecule has 0 amide bonds. The second kappa shape index (κ2) is 14.3. The number of hydrogen-bond donors (Lipinski definition) is 1. The molecule has 1 aliphatic carbocycles. The third-order valence-corrected chi connectivity index (χ3v) is 6.17. The fourth-order valence-corrected chi connectivity index (χ4v) is 3.96. The Morgan fingerprint density at radius 2 is 1.41 bits per heavy atom. The van der Waals surface area contributed by atoms with E-state index >= 15 is 0 Å². The van der Waals surface area contributed by atoms with Gasteiger partial charge in [0.1, 0.15) is 0 Å². The Kier molecular flexibility index (Phi) is 12.6. The van der Waals surface area contributed by atoms with Crippen molar-refractivity contribution >= 4 is 5.97 Å². The van der Waals surface area contributed by atoms with Gasteiger partial charge in [-0.05, 0) is 105 Å². The number of aliphatic hydroxyl groups is 1. The van der Waals surface area contributed by atoms with Crippen LogP contribution in [0.2, 0.25) is 0 Å². The molecule has 180 valence electrons. The molecule has 0 aliphatic heterocycles. The summed E-state index contributed by atoms with van der Waals surface area (Å²) in [6.45, 7) is 14.1. The third-order valence-electron chi connectivity index (χ3n) is 6.17. The molecule has 1 rings (SSSR count). The van der Waals surface area contributed by atoms with Crippen molar-refractivity contribution in [2.75, 3.05) is 0 Å². The summed E-state index contributed by atoms with van der Waals surface area (Å²) in [6, 6.07) is 0. The van der Waals surface area contributed by atoms with E-state index in [1.165, 1.54) is 29.2 Å². The second-order valence-corrected chi connectivity index (χ2v) is 9.93. The zero-order valence-corrected chi connectivity index (χ0v) is 21.5. The Labute approximate surface area is 197 Å². The first-order valence-electron chi connectivity index (χ1n) is 12.2. The molecule has 1 unspecified atom stereocenters. The lowest BCUT2D eigenvalue weighted by Gasteiger charge is -2.36. The van der Waals surface area contributed by atoms with Crippen molar-refractivity contribution in [3.8, 4) is 0 Å². The van der Waals surface area contributed by atoms with Crippen molar-refractivity contribution in [3.63, 3.8) is 0 Å². The van der Waals surface area contributed by atoms with E-state index in [0.717, 1.165) is 44.9 Å². The van der Waals surface area contributed by atoms with Crippen LogP contribution in [0.15, 0.2) is 58.7 Å². The van der Waals surface area contributed by atoms with Gasteiger partial charge >= 0.3 is 5.97 Å². The molecular formula is C29H46O3. The standard InChI is InChI=1S/C29H46O3/c1-22(2)11-8-12-23(3)13-9-14-24(4)15-10-16-25(5)17-18-27-19-20-29(7,28(31)21-27)32-26(6)30/h11,13,15,17,19-20,27-28,31H,8-10,12,14,16,18,21H2,1-7H3/b23-13+,24-15+,25-17+/t27-,28?,29-/m0/s1. The van der Waals surface area contributed by atoms with Gasteiger partial charge < -0.3 is 9.84 Å². The quantitative estimate of drug-likeness (QED) is 0.248. The molecule has 3 atom stereocenters. The second-order valence-electron chi connectivity index (χ2n) is 9.93. The highest BCUT2D eigenvalue weighted by Gasteiger charge is 2.37. The minimum Gasteiger partial charge on any atom is -0.453 e. The molecule has 0 saturated heterocycles.